The highest BCUT2D eigenvalue weighted by molar-refractivity contribution is 6.14. The Labute approximate surface area is 288 Å². The van der Waals surface area contributed by atoms with Gasteiger partial charge in [0.05, 0.1) is 0 Å². The summed E-state index contributed by atoms with van der Waals surface area (Å²) in [7, 11) is 0. The van der Waals surface area contributed by atoms with E-state index in [9.17, 15) is 20.4 Å². The van der Waals surface area contributed by atoms with Gasteiger partial charge in [-0.05, 0) is 84.5 Å². The topological polar surface area (TPSA) is 80.9 Å². The monoisotopic (exact) mass is 646 g/mol. The third kappa shape index (κ3) is 4.54. The van der Waals surface area contributed by atoms with Crippen LogP contribution in [0.3, 0.4) is 0 Å². The molecule has 0 aromatic heterocycles. The summed E-state index contributed by atoms with van der Waals surface area (Å²) in [6, 6.07) is 50.2. The van der Waals surface area contributed by atoms with E-state index in [4.69, 9.17) is 0 Å². The molecule has 9 aromatic rings. The van der Waals surface area contributed by atoms with Crippen LogP contribution in [-0.2, 0) is 0 Å². The second kappa shape index (κ2) is 11.4. The fourth-order valence-electron chi connectivity index (χ4n) is 7.52. The maximum Gasteiger partial charge on any atom is 0.132 e. The molecule has 0 aliphatic rings. The third-order valence-electron chi connectivity index (χ3n) is 9.84. The number of phenolic OH excluding ortho intramolecular Hbond substituents is 4. The van der Waals surface area contributed by atoms with Crippen LogP contribution >= 0.6 is 0 Å². The first-order chi connectivity index (χ1) is 24.5. The Hall–Kier alpha value is -6.78. The average Bonchev–Trinajstić information content (AvgIpc) is 3.15. The molecule has 0 spiro atoms. The van der Waals surface area contributed by atoms with Gasteiger partial charge in [-0.3, -0.25) is 0 Å². The molecule has 0 saturated heterocycles. The fraction of sp³-hybridized carbons (Fsp3) is 0. The van der Waals surface area contributed by atoms with Gasteiger partial charge in [-0.15, -0.1) is 0 Å². The summed E-state index contributed by atoms with van der Waals surface area (Å²) >= 11 is 0. The number of hydrogen-bond acceptors (Lipinski definition) is 4. The first kappa shape index (κ1) is 29.4. The van der Waals surface area contributed by atoms with Crippen LogP contribution in [-0.4, -0.2) is 20.4 Å². The van der Waals surface area contributed by atoms with E-state index in [1.807, 2.05) is 146 Å². The number of rotatable bonds is 4. The van der Waals surface area contributed by atoms with Gasteiger partial charge in [-0.25, -0.2) is 0 Å². The highest BCUT2D eigenvalue weighted by Gasteiger charge is 2.23. The largest absolute Gasteiger partial charge is 0.507 e. The van der Waals surface area contributed by atoms with E-state index in [0.717, 1.165) is 54.2 Å². The van der Waals surface area contributed by atoms with Crippen molar-refractivity contribution in [3.05, 3.63) is 158 Å². The van der Waals surface area contributed by atoms with Crippen molar-refractivity contribution in [2.75, 3.05) is 0 Å². The van der Waals surface area contributed by atoms with Gasteiger partial charge in [-0.1, -0.05) is 127 Å². The van der Waals surface area contributed by atoms with Crippen LogP contribution in [0.5, 0.6) is 23.0 Å². The number of fused-ring (bicyclic) bond motifs is 4. The van der Waals surface area contributed by atoms with Gasteiger partial charge < -0.3 is 20.4 Å². The Balaban J connectivity index is 1.29. The molecule has 50 heavy (non-hydrogen) atoms. The van der Waals surface area contributed by atoms with E-state index in [1.165, 1.54) is 0 Å². The van der Waals surface area contributed by atoms with Gasteiger partial charge in [0.2, 0.25) is 0 Å². The van der Waals surface area contributed by atoms with Crippen LogP contribution < -0.4 is 0 Å². The SMILES string of the molecule is Oc1ccc2ccccc2c1-c1c(O)c(-c2cccc(-c3cc4ccccc4c(-c4c(O)ccc5ccccc45)c3O)c2)cc2ccccc12. The summed E-state index contributed by atoms with van der Waals surface area (Å²) in [6.45, 7) is 0. The standard InChI is InChI=1S/C46H30O4/c47-39-22-20-27-10-1-5-16-33(27)41(39)43-35-18-7-3-12-31(35)25-37(45(43)49)29-14-9-15-30(24-29)38-26-32-13-4-8-19-36(32)44(46(38)50)42-34-17-6-2-11-28(34)21-23-40(42)48/h1-26,47-50H. The molecular formula is C46H30O4. The molecular weight excluding hydrogens is 617 g/mol. The normalized spacial score (nSPS) is 11.5. The zero-order valence-corrected chi connectivity index (χ0v) is 26.8. The van der Waals surface area contributed by atoms with Crippen molar-refractivity contribution < 1.29 is 20.4 Å². The first-order valence-electron chi connectivity index (χ1n) is 16.5. The zero-order chi connectivity index (χ0) is 33.9. The van der Waals surface area contributed by atoms with E-state index < -0.39 is 0 Å². The fourth-order valence-corrected chi connectivity index (χ4v) is 7.52. The predicted molar refractivity (Wildman–Crippen MR) is 205 cm³/mol. The Morgan fingerprint density at radius 1 is 0.280 bits per heavy atom. The van der Waals surface area contributed by atoms with Gasteiger partial charge >= 0.3 is 0 Å². The molecule has 0 atom stereocenters. The molecule has 4 heteroatoms. The average molecular weight is 647 g/mol. The van der Waals surface area contributed by atoms with Crippen molar-refractivity contribution in [1.82, 2.24) is 0 Å². The maximum absolute atomic E-state index is 12.2. The van der Waals surface area contributed by atoms with E-state index in [0.29, 0.717) is 33.4 Å². The molecule has 0 saturated carbocycles. The van der Waals surface area contributed by atoms with Crippen molar-refractivity contribution in [2.45, 2.75) is 0 Å². The lowest BCUT2D eigenvalue weighted by atomic mass is 9.87. The highest BCUT2D eigenvalue weighted by atomic mass is 16.3. The molecule has 0 amide bonds. The first-order valence-corrected chi connectivity index (χ1v) is 16.5. The van der Waals surface area contributed by atoms with Crippen molar-refractivity contribution >= 4 is 43.1 Å². The second-order valence-electron chi connectivity index (χ2n) is 12.7. The van der Waals surface area contributed by atoms with E-state index in [2.05, 4.69) is 0 Å². The van der Waals surface area contributed by atoms with Gasteiger partial charge in [0.15, 0.2) is 0 Å². The van der Waals surface area contributed by atoms with Crippen molar-refractivity contribution in [1.29, 1.82) is 0 Å². The third-order valence-corrected chi connectivity index (χ3v) is 9.84. The lowest BCUT2D eigenvalue weighted by Crippen LogP contribution is -1.92. The lowest BCUT2D eigenvalue weighted by molar-refractivity contribution is 0.471. The molecule has 0 radical (unpaired) electrons. The van der Waals surface area contributed by atoms with E-state index in [1.54, 1.807) is 12.1 Å². The quantitative estimate of drug-likeness (QED) is 0.153. The number of benzene rings is 9. The van der Waals surface area contributed by atoms with E-state index >= 15 is 0 Å². The maximum atomic E-state index is 12.2. The molecule has 238 valence electrons. The molecule has 0 unspecified atom stereocenters. The van der Waals surface area contributed by atoms with Gasteiger partial charge in [-0.2, -0.15) is 0 Å². The van der Waals surface area contributed by atoms with Crippen LogP contribution in [0.2, 0.25) is 0 Å². The van der Waals surface area contributed by atoms with Crippen LogP contribution in [0.1, 0.15) is 0 Å². The molecule has 0 fully saturated rings. The summed E-state index contributed by atoms with van der Waals surface area (Å²) in [4.78, 5) is 0. The molecule has 0 aliphatic carbocycles. The summed E-state index contributed by atoms with van der Waals surface area (Å²) in [5.41, 5.74) is 4.94. The predicted octanol–water partition coefficient (Wildman–Crippen LogP) is 11.8. The molecule has 9 rings (SSSR count). The molecule has 0 aliphatic heterocycles. The minimum absolute atomic E-state index is 0.0524. The molecule has 9 aromatic carbocycles. The molecule has 0 bridgehead atoms. The van der Waals surface area contributed by atoms with Gasteiger partial charge in [0.25, 0.3) is 0 Å². The van der Waals surface area contributed by atoms with Crippen LogP contribution in [0.25, 0.3) is 87.6 Å². The molecule has 0 heterocycles. The van der Waals surface area contributed by atoms with Gasteiger partial charge in [0.1, 0.15) is 23.0 Å². The summed E-state index contributed by atoms with van der Waals surface area (Å²) in [6.07, 6.45) is 0. The number of hydrogen-bond donors (Lipinski definition) is 4. The summed E-state index contributed by atoms with van der Waals surface area (Å²) in [5.74, 6) is 0.272. The number of phenols is 4. The Bertz CT molecular complexity index is 2630. The van der Waals surface area contributed by atoms with Crippen LogP contribution in [0, 0.1) is 0 Å². The Morgan fingerprint density at radius 3 is 1.06 bits per heavy atom. The van der Waals surface area contributed by atoms with Crippen LogP contribution in [0.15, 0.2) is 158 Å². The zero-order valence-electron chi connectivity index (χ0n) is 26.8. The van der Waals surface area contributed by atoms with Crippen molar-refractivity contribution in [3.63, 3.8) is 0 Å². The van der Waals surface area contributed by atoms with Crippen molar-refractivity contribution in [2.24, 2.45) is 0 Å². The second-order valence-corrected chi connectivity index (χ2v) is 12.7. The molecule has 4 N–H and O–H groups in total. The van der Waals surface area contributed by atoms with Gasteiger partial charge in [0, 0.05) is 33.4 Å². The number of aromatic hydroxyl groups is 4. The minimum Gasteiger partial charge on any atom is -0.507 e. The lowest BCUT2D eigenvalue weighted by Gasteiger charge is -2.19. The van der Waals surface area contributed by atoms with E-state index in [-0.39, 0.29) is 23.0 Å². The van der Waals surface area contributed by atoms with Crippen LogP contribution in [0.4, 0.5) is 0 Å². The smallest absolute Gasteiger partial charge is 0.132 e. The summed E-state index contributed by atoms with van der Waals surface area (Å²) < 4.78 is 0. The molecule has 4 nitrogen and oxygen atoms in total. The Kier molecular flexibility index (Phi) is 6.71. The highest BCUT2D eigenvalue weighted by Crippen LogP contribution is 2.51. The Morgan fingerprint density at radius 2 is 0.640 bits per heavy atom. The minimum atomic E-state index is 0.0524. The summed E-state index contributed by atoms with van der Waals surface area (Å²) in [5, 5.41) is 53.9. The van der Waals surface area contributed by atoms with Crippen molar-refractivity contribution in [3.8, 4) is 67.5 Å².